The van der Waals surface area contributed by atoms with Gasteiger partial charge >= 0.3 is 0 Å². The quantitative estimate of drug-likeness (QED) is 0.821. The molecule has 21 heavy (non-hydrogen) atoms. The lowest BCUT2D eigenvalue weighted by Crippen LogP contribution is -3.00. The van der Waals surface area contributed by atoms with E-state index in [2.05, 4.69) is 75.9 Å². The summed E-state index contributed by atoms with van der Waals surface area (Å²) in [6, 6.07) is 21.1. The van der Waals surface area contributed by atoms with E-state index >= 15 is 0 Å². The lowest BCUT2D eigenvalue weighted by atomic mass is 10.2. The van der Waals surface area contributed by atoms with E-state index in [1.54, 1.807) is 0 Å². The Morgan fingerprint density at radius 3 is 2.19 bits per heavy atom. The average Bonchev–Trinajstić information content (AvgIpc) is 3.02. The SMILES string of the molecule is [Cl-].c1ccc(CN(CC2=NCCN2)c2ccccc2)cc1. The number of aliphatic imine (C=N–C) groups is 1. The van der Waals surface area contributed by atoms with Crippen LogP contribution in [0, 0.1) is 0 Å². The van der Waals surface area contributed by atoms with Crippen molar-refractivity contribution in [2.45, 2.75) is 6.54 Å². The van der Waals surface area contributed by atoms with Gasteiger partial charge in [-0.2, -0.15) is 0 Å². The molecule has 4 heteroatoms. The highest BCUT2D eigenvalue weighted by molar-refractivity contribution is 5.88. The van der Waals surface area contributed by atoms with Crippen molar-refractivity contribution in [3.8, 4) is 0 Å². The summed E-state index contributed by atoms with van der Waals surface area (Å²) < 4.78 is 0. The summed E-state index contributed by atoms with van der Waals surface area (Å²) in [7, 11) is 0. The van der Waals surface area contributed by atoms with Gasteiger partial charge in [-0.05, 0) is 17.7 Å². The monoisotopic (exact) mass is 300 g/mol. The molecule has 0 saturated heterocycles. The molecule has 0 amide bonds. The van der Waals surface area contributed by atoms with Gasteiger partial charge in [-0.3, -0.25) is 4.99 Å². The molecule has 0 unspecified atom stereocenters. The molecule has 0 spiro atoms. The largest absolute Gasteiger partial charge is 1.00 e. The fourth-order valence-corrected chi connectivity index (χ4v) is 2.41. The Bertz CT molecular complexity index is 569. The van der Waals surface area contributed by atoms with Crippen LogP contribution in [0.1, 0.15) is 5.56 Å². The number of amidine groups is 1. The highest BCUT2D eigenvalue weighted by Crippen LogP contribution is 2.16. The molecule has 3 rings (SSSR count). The van der Waals surface area contributed by atoms with Crippen molar-refractivity contribution in [2.24, 2.45) is 4.99 Å². The van der Waals surface area contributed by atoms with Gasteiger partial charge in [-0.25, -0.2) is 0 Å². The molecule has 0 fully saturated rings. The van der Waals surface area contributed by atoms with Gasteiger partial charge < -0.3 is 22.6 Å². The zero-order chi connectivity index (χ0) is 13.6. The van der Waals surface area contributed by atoms with Gasteiger partial charge in [0.25, 0.3) is 0 Å². The molecular weight excluding hydrogens is 282 g/mol. The first-order valence-electron chi connectivity index (χ1n) is 7.03. The molecule has 0 aromatic heterocycles. The molecule has 1 aliphatic heterocycles. The molecule has 2 aromatic rings. The van der Waals surface area contributed by atoms with Crippen LogP contribution in [-0.4, -0.2) is 25.5 Å². The normalized spacial score (nSPS) is 13.0. The number of hydrogen-bond acceptors (Lipinski definition) is 3. The van der Waals surface area contributed by atoms with Crippen molar-refractivity contribution in [3.05, 3.63) is 66.2 Å². The van der Waals surface area contributed by atoms with Crippen LogP contribution in [0.4, 0.5) is 5.69 Å². The average molecular weight is 301 g/mol. The Hall–Kier alpha value is -2.00. The molecular formula is C17H19ClN3-. The molecule has 3 nitrogen and oxygen atoms in total. The van der Waals surface area contributed by atoms with E-state index in [4.69, 9.17) is 0 Å². The van der Waals surface area contributed by atoms with Gasteiger partial charge in [0.2, 0.25) is 0 Å². The zero-order valence-corrected chi connectivity index (χ0v) is 12.6. The summed E-state index contributed by atoms with van der Waals surface area (Å²) in [5, 5.41) is 3.35. The minimum absolute atomic E-state index is 0. The summed E-state index contributed by atoms with van der Waals surface area (Å²) in [4.78, 5) is 6.86. The lowest BCUT2D eigenvalue weighted by Gasteiger charge is -2.25. The second-order valence-electron chi connectivity index (χ2n) is 4.93. The Morgan fingerprint density at radius 1 is 0.905 bits per heavy atom. The van der Waals surface area contributed by atoms with Gasteiger partial charge in [-0.1, -0.05) is 48.5 Å². The van der Waals surface area contributed by atoms with Crippen molar-refractivity contribution in [1.82, 2.24) is 5.32 Å². The van der Waals surface area contributed by atoms with Crippen LogP contribution in [0.3, 0.4) is 0 Å². The predicted octanol–water partition coefficient (Wildman–Crippen LogP) is -0.301. The molecule has 0 atom stereocenters. The van der Waals surface area contributed by atoms with Gasteiger partial charge in [0.1, 0.15) is 5.84 Å². The number of para-hydroxylation sites is 1. The Kier molecular flexibility index (Phi) is 5.64. The van der Waals surface area contributed by atoms with E-state index in [0.29, 0.717) is 0 Å². The predicted molar refractivity (Wildman–Crippen MR) is 84.2 cm³/mol. The highest BCUT2D eigenvalue weighted by Gasteiger charge is 2.12. The summed E-state index contributed by atoms with van der Waals surface area (Å²) >= 11 is 0. The van der Waals surface area contributed by atoms with E-state index in [0.717, 1.165) is 32.0 Å². The van der Waals surface area contributed by atoms with Gasteiger partial charge in [0.15, 0.2) is 0 Å². The summed E-state index contributed by atoms with van der Waals surface area (Å²) in [5.74, 6) is 1.09. The standard InChI is InChI=1S/C17H19N3.ClH/c1-3-7-15(8-4-1)13-20(14-17-18-11-12-19-17)16-9-5-2-6-10-16;/h1-10H,11-14H2,(H,18,19);1H/p-1. The molecule has 0 aliphatic carbocycles. The minimum atomic E-state index is 0. The van der Waals surface area contributed by atoms with Crippen LogP contribution in [0.15, 0.2) is 65.7 Å². The number of benzene rings is 2. The summed E-state index contributed by atoms with van der Waals surface area (Å²) in [5.41, 5.74) is 2.54. The van der Waals surface area contributed by atoms with E-state index in [-0.39, 0.29) is 12.4 Å². The molecule has 0 saturated carbocycles. The summed E-state index contributed by atoms with van der Waals surface area (Å²) in [6.45, 7) is 3.58. The first kappa shape index (κ1) is 15.4. The third-order valence-electron chi connectivity index (χ3n) is 3.42. The Morgan fingerprint density at radius 2 is 1.57 bits per heavy atom. The van der Waals surface area contributed by atoms with Crippen LogP contribution in [0.25, 0.3) is 0 Å². The van der Waals surface area contributed by atoms with Crippen LogP contribution in [-0.2, 0) is 6.54 Å². The van der Waals surface area contributed by atoms with E-state index < -0.39 is 0 Å². The van der Waals surface area contributed by atoms with E-state index in [1.807, 2.05) is 0 Å². The van der Waals surface area contributed by atoms with E-state index in [1.165, 1.54) is 11.3 Å². The Balaban J connectivity index is 0.00000161. The third kappa shape index (κ3) is 4.23. The summed E-state index contributed by atoms with van der Waals surface area (Å²) in [6.07, 6.45) is 0. The molecule has 0 bridgehead atoms. The number of rotatable bonds is 5. The first-order valence-corrected chi connectivity index (χ1v) is 7.03. The fraction of sp³-hybridized carbons (Fsp3) is 0.235. The Labute approximate surface area is 132 Å². The maximum atomic E-state index is 4.51. The number of anilines is 1. The van der Waals surface area contributed by atoms with Crippen molar-refractivity contribution >= 4 is 11.5 Å². The molecule has 1 heterocycles. The molecule has 2 aromatic carbocycles. The van der Waals surface area contributed by atoms with Gasteiger partial charge in [0, 0.05) is 18.8 Å². The van der Waals surface area contributed by atoms with Crippen LogP contribution in [0.5, 0.6) is 0 Å². The fourth-order valence-electron chi connectivity index (χ4n) is 2.41. The van der Waals surface area contributed by atoms with Crippen LogP contribution >= 0.6 is 0 Å². The first-order chi connectivity index (χ1) is 9.92. The second kappa shape index (κ2) is 7.70. The zero-order valence-electron chi connectivity index (χ0n) is 11.9. The lowest BCUT2D eigenvalue weighted by molar-refractivity contribution is -0.00000410. The van der Waals surface area contributed by atoms with Crippen molar-refractivity contribution in [3.63, 3.8) is 0 Å². The van der Waals surface area contributed by atoms with Gasteiger partial charge in [0.05, 0.1) is 13.1 Å². The molecule has 1 N–H and O–H groups in total. The van der Waals surface area contributed by atoms with E-state index in [9.17, 15) is 0 Å². The topological polar surface area (TPSA) is 27.6 Å². The maximum Gasteiger partial charge on any atom is 0.116 e. The maximum absolute atomic E-state index is 4.51. The van der Waals surface area contributed by atoms with Crippen molar-refractivity contribution in [2.75, 3.05) is 24.5 Å². The number of nitrogens with zero attached hydrogens (tertiary/aromatic N) is 2. The van der Waals surface area contributed by atoms with Crippen molar-refractivity contribution in [1.29, 1.82) is 0 Å². The highest BCUT2D eigenvalue weighted by atomic mass is 35.5. The molecule has 110 valence electrons. The van der Waals surface area contributed by atoms with Gasteiger partial charge in [-0.15, -0.1) is 0 Å². The number of hydrogen-bond donors (Lipinski definition) is 1. The molecule has 0 radical (unpaired) electrons. The second-order valence-corrected chi connectivity index (χ2v) is 4.93. The minimum Gasteiger partial charge on any atom is -1.00 e. The van der Waals surface area contributed by atoms with Crippen LogP contribution < -0.4 is 22.6 Å². The smallest absolute Gasteiger partial charge is 0.116 e. The molecule has 1 aliphatic rings. The number of nitrogens with one attached hydrogen (secondary N) is 1. The van der Waals surface area contributed by atoms with Crippen LogP contribution in [0.2, 0.25) is 0 Å². The van der Waals surface area contributed by atoms with Crippen molar-refractivity contribution < 1.29 is 12.4 Å². The number of halogens is 1. The third-order valence-corrected chi connectivity index (χ3v) is 3.42.